The predicted molar refractivity (Wildman–Crippen MR) is 112 cm³/mol. The van der Waals surface area contributed by atoms with Crippen molar-refractivity contribution in [1.82, 2.24) is 0 Å². The van der Waals surface area contributed by atoms with Gasteiger partial charge in [0.25, 0.3) is 11.7 Å². The molecular weight excluding hydrogens is 401 g/mol. The molecule has 1 atom stereocenters. The molecule has 1 heterocycles. The molecule has 1 aliphatic heterocycles. The molecule has 0 aliphatic carbocycles. The molecular formula is C24H18FNO5. The van der Waals surface area contributed by atoms with E-state index in [0.29, 0.717) is 11.3 Å². The molecule has 0 radical (unpaired) electrons. The van der Waals surface area contributed by atoms with Crippen LogP contribution in [0.3, 0.4) is 0 Å². The number of methoxy groups -OCH3 is 1. The van der Waals surface area contributed by atoms with E-state index in [1.165, 1.54) is 48.4 Å². The van der Waals surface area contributed by atoms with Crippen molar-refractivity contribution in [3.8, 4) is 11.5 Å². The van der Waals surface area contributed by atoms with Crippen LogP contribution < -0.4 is 9.64 Å². The number of aliphatic hydroxyl groups excluding tert-OH is 1. The molecule has 1 amide bonds. The van der Waals surface area contributed by atoms with Gasteiger partial charge in [-0.2, -0.15) is 0 Å². The van der Waals surface area contributed by atoms with Crippen LogP contribution in [0.25, 0.3) is 5.76 Å². The van der Waals surface area contributed by atoms with Crippen molar-refractivity contribution in [2.24, 2.45) is 0 Å². The first-order valence-corrected chi connectivity index (χ1v) is 9.41. The van der Waals surface area contributed by atoms with Crippen molar-refractivity contribution in [3.63, 3.8) is 0 Å². The number of hydrogen-bond donors (Lipinski definition) is 2. The van der Waals surface area contributed by atoms with Crippen LogP contribution in [-0.2, 0) is 9.59 Å². The number of aliphatic hydroxyl groups is 1. The van der Waals surface area contributed by atoms with E-state index in [2.05, 4.69) is 0 Å². The lowest BCUT2D eigenvalue weighted by Gasteiger charge is -2.25. The van der Waals surface area contributed by atoms with E-state index in [0.717, 1.165) is 0 Å². The average molecular weight is 419 g/mol. The Hall–Kier alpha value is -4.13. The summed E-state index contributed by atoms with van der Waals surface area (Å²) in [5.74, 6) is -2.43. The number of anilines is 1. The number of carbonyl (C=O) groups is 2. The second-order valence-electron chi connectivity index (χ2n) is 6.94. The fourth-order valence-electron chi connectivity index (χ4n) is 3.70. The largest absolute Gasteiger partial charge is 0.508 e. The van der Waals surface area contributed by atoms with Crippen LogP contribution in [0.2, 0.25) is 0 Å². The zero-order valence-corrected chi connectivity index (χ0v) is 16.4. The molecule has 7 heteroatoms. The first kappa shape index (κ1) is 20.2. The molecule has 31 heavy (non-hydrogen) atoms. The Morgan fingerprint density at radius 1 is 1.00 bits per heavy atom. The fourth-order valence-corrected chi connectivity index (χ4v) is 3.70. The van der Waals surface area contributed by atoms with Crippen LogP contribution in [0.1, 0.15) is 17.2 Å². The van der Waals surface area contributed by atoms with Crippen LogP contribution in [0.4, 0.5) is 10.1 Å². The Morgan fingerprint density at radius 3 is 2.39 bits per heavy atom. The molecule has 1 fully saturated rings. The van der Waals surface area contributed by atoms with Gasteiger partial charge in [0.1, 0.15) is 23.1 Å². The topological polar surface area (TPSA) is 87.1 Å². The van der Waals surface area contributed by atoms with Crippen LogP contribution >= 0.6 is 0 Å². The molecule has 156 valence electrons. The van der Waals surface area contributed by atoms with Crippen molar-refractivity contribution in [2.75, 3.05) is 12.0 Å². The van der Waals surface area contributed by atoms with E-state index in [9.17, 15) is 24.2 Å². The van der Waals surface area contributed by atoms with Gasteiger partial charge in [0.15, 0.2) is 0 Å². The van der Waals surface area contributed by atoms with Gasteiger partial charge in [0.2, 0.25) is 0 Å². The van der Waals surface area contributed by atoms with Gasteiger partial charge in [0.05, 0.1) is 24.3 Å². The minimum absolute atomic E-state index is 0.0699. The Bertz CT molecular complexity index is 1200. The summed E-state index contributed by atoms with van der Waals surface area (Å²) in [5.41, 5.74) is 0.757. The van der Waals surface area contributed by atoms with E-state index in [-0.39, 0.29) is 22.6 Å². The summed E-state index contributed by atoms with van der Waals surface area (Å²) >= 11 is 0. The Labute approximate surface area is 177 Å². The summed E-state index contributed by atoms with van der Waals surface area (Å²) in [6.07, 6.45) is 0. The molecule has 0 aromatic heterocycles. The van der Waals surface area contributed by atoms with Crippen LogP contribution in [0, 0.1) is 5.82 Å². The van der Waals surface area contributed by atoms with Crippen molar-refractivity contribution in [1.29, 1.82) is 0 Å². The zero-order chi connectivity index (χ0) is 22.1. The normalized spacial score (nSPS) is 17.7. The monoisotopic (exact) mass is 419 g/mol. The number of para-hydroxylation sites is 1. The molecule has 1 aliphatic rings. The maximum Gasteiger partial charge on any atom is 0.300 e. The highest BCUT2D eigenvalue weighted by atomic mass is 19.1. The first-order valence-electron chi connectivity index (χ1n) is 9.41. The van der Waals surface area contributed by atoms with Gasteiger partial charge in [-0.05, 0) is 54.1 Å². The smallest absolute Gasteiger partial charge is 0.300 e. The third-order valence-corrected chi connectivity index (χ3v) is 5.10. The van der Waals surface area contributed by atoms with E-state index in [1.54, 1.807) is 36.4 Å². The minimum atomic E-state index is -1.04. The van der Waals surface area contributed by atoms with Gasteiger partial charge in [0, 0.05) is 5.69 Å². The first-order chi connectivity index (χ1) is 14.9. The highest BCUT2D eigenvalue weighted by Crippen LogP contribution is 2.43. The number of rotatable bonds is 4. The predicted octanol–water partition coefficient (Wildman–Crippen LogP) is 4.17. The quantitative estimate of drug-likeness (QED) is 0.377. The molecule has 0 bridgehead atoms. The number of carbonyl (C=O) groups excluding carboxylic acids is 2. The number of benzene rings is 3. The van der Waals surface area contributed by atoms with E-state index < -0.39 is 29.3 Å². The summed E-state index contributed by atoms with van der Waals surface area (Å²) in [6.45, 7) is 0. The van der Waals surface area contributed by atoms with Crippen molar-refractivity contribution < 1.29 is 28.9 Å². The second kappa shape index (κ2) is 7.95. The fraction of sp³-hybridized carbons (Fsp3) is 0.0833. The number of phenols is 1. The molecule has 0 spiro atoms. The number of halogens is 1. The van der Waals surface area contributed by atoms with E-state index in [4.69, 9.17) is 4.74 Å². The number of Topliss-reactive ketones (excluding diaryl/α,β-unsaturated/α-hetero) is 1. The third-order valence-electron chi connectivity index (χ3n) is 5.10. The lowest BCUT2D eigenvalue weighted by Crippen LogP contribution is -2.29. The van der Waals surface area contributed by atoms with E-state index >= 15 is 0 Å². The summed E-state index contributed by atoms with van der Waals surface area (Å²) in [7, 11) is 1.43. The van der Waals surface area contributed by atoms with Gasteiger partial charge in [-0.3, -0.25) is 14.5 Å². The third kappa shape index (κ3) is 3.50. The lowest BCUT2D eigenvalue weighted by atomic mass is 9.94. The standard InChI is InChI=1S/C24H18FNO5/c1-31-19-8-3-2-7-18(19)22(28)20-21(14-5-4-6-17(27)13-14)26(24(30)23(20)29)16-11-9-15(25)10-12-16/h2-13,21,27-28H,1H3/b22-20-. The van der Waals surface area contributed by atoms with Crippen molar-refractivity contribution in [3.05, 3.63) is 95.3 Å². The number of amides is 1. The molecule has 6 nitrogen and oxygen atoms in total. The van der Waals surface area contributed by atoms with E-state index in [1.807, 2.05) is 0 Å². The molecule has 1 unspecified atom stereocenters. The second-order valence-corrected chi connectivity index (χ2v) is 6.94. The lowest BCUT2D eigenvalue weighted by molar-refractivity contribution is -0.132. The van der Waals surface area contributed by atoms with Gasteiger partial charge in [-0.25, -0.2) is 4.39 Å². The molecule has 4 rings (SSSR count). The number of ether oxygens (including phenoxy) is 1. The molecule has 0 saturated carbocycles. The summed E-state index contributed by atoms with van der Waals surface area (Å²) in [6, 6.07) is 16.7. The highest BCUT2D eigenvalue weighted by molar-refractivity contribution is 6.51. The van der Waals surface area contributed by atoms with Crippen LogP contribution in [0.5, 0.6) is 11.5 Å². The Morgan fingerprint density at radius 2 is 1.71 bits per heavy atom. The number of aromatic hydroxyl groups is 1. The molecule has 3 aromatic rings. The molecule has 2 N–H and O–H groups in total. The highest BCUT2D eigenvalue weighted by Gasteiger charge is 2.47. The van der Waals surface area contributed by atoms with Gasteiger partial charge < -0.3 is 14.9 Å². The molecule has 3 aromatic carbocycles. The maximum atomic E-state index is 13.5. The summed E-state index contributed by atoms with van der Waals surface area (Å²) < 4.78 is 18.8. The van der Waals surface area contributed by atoms with Crippen LogP contribution in [0.15, 0.2) is 78.4 Å². The SMILES string of the molecule is COc1ccccc1/C(O)=C1/C(=O)C(=O)N(c2ccc(F)cc2)C1c1cccc(O)c1. The van der Waals surface area contributed by atoms with Gasteiger partial charge in [-0.1, -0.05) is 24.3 Å². The maximum absolute atomic E-state index is 13.5. The van der Waals surface area contributed by atoms with Crippen molar-refractivity contribution in [2.45, 2.75) is 6.04 Å². The number of ketones is 1. The van der Waals surface area contributed by atoms with Gasteiger partial charge >= 0.3 is 0 Å². The Kier molecular flexibility index (Phi) is 5.17. The Balaban J connectivity index is 1.98. The summed E-state index contributed by atoms with van der Waals surface area (Å²) in [5, 5.41) is 21.1. The number of phenolic OH excluding ortho intramolecular Hbond substituents is 1. The zero-order valence-electron chi connectivity index (χ0n) is 16.4. The van der Waals surface area contributed by atoms with Gasteiger partial charge in [-0.15, -0.1) is 0 Å². The number of hydrogen-bond acceptors (Lipinski definition) is 5. The molecule has 1 saturated heterocycles. The van der Waals surface area contributed by atoms with Crippen LogP contribution in [-0.4, -0.2) is 29.0 Å². The van der Waals surface area contributed by atoms with Crippen molar-refractivity contribution >= 4 is 23.1 Å². The average Bonchev–Trinajstić information content (AvgIpc) is 3.04. The minimum Gasteiger partial charge on any atom is -0.508 e. The summed E-state index contributed by atoms with van der Waals surface area (Å²) in [4.78, 5) is 27.2. The number of nitrogens with zero attached hydrogens (tertiary/aromatic N) is 1.